The van der Waals surface area contributed by atoms with Gasteiger partial charge in [-0.15, -0.1) is 0 Å². The number of ether oxygens (including phenoxy) is 1. The molecule has 0 aromatic heterocycles. The number of carbonyl (C=O) groups is 1. The van der Waals surface area contributed by atoms with E-state index in [1.54, 1.807) is 30.5 Å². The van der Waals surface area contributed by atoms with Gasteiger partial charge < -0.3 is 16.2 Å². The molecule has 0 aliphatic rings. The third-order valence-corrected chi connectivity index (χ3v) is 5.91. The Morgan fingerprint density at radius 3 is 2.34 bits per heavy atom. The van der Waals surface area contributed by atoms with Crippen LogP contribution in [0.2, 0.25) is 0 Å². The second-order valence-corrected chi connectivity index (χ2v) is 8.38. The number of hydroxylamine groups is 1. The smallest absolute Gasteiger partial charge is 0.265 e. The molecule has 12 heteroatoms. The topological polar surface area (TPSA) is 184 Å². The van der Waals surface area contributed by atoms with Gasteiger partial charge >= 0.3 is 0 Å². The predicted molar refractivity (Wildman–Crippen MR) is 116 cm³/mol. The van der Waals surface area contributed by atoms with Crippen LogP contribution in [0.1, 0.15) is 19.3 Å². The number of guanidine groups is 1. The van der Waals surface area contributed by atoms with Crippen LogP contribution in [0.3, 0.4) is 0 Å². The molecule has 1 amide bonds. The first-order valence-corrected chi connectivity index (χ1v) is 11.0. The van der Waals surface area contributed by atoms with Crippen molar-refractivity contribution in [2.45, 2.75) is 30.2 Å². The second-order valence-electron chi connectivity index (χ2n) is 6.58. The van der Waals surface area contributed by atoms with Crippen molar-refractivity contribution >= 4 is 21.9 Å². The molecular weight excluding hydrogens is 436 g/mol. The molecular formula is C20H24N6O5S. The van der Waals surface area contributed by atoms with Gasteiger partial charge in [-0.2, -0.15) is 5.26 Å². The number of amides is 1. The largest absolute Gasteiger partial charge is 0.457 e. The summed E-state index contributed by atoms with van der Waals surface area (Å²) in [5.74, 6) is -0.0636. The summed E-state index contributed by atoms with van der Waals surface area (Å²) in [4.78, 5) is 15.4. The van der Waals surface area contributed by atoms with Crippen molar-refractivity contribution in [3.63, 3.8) is 0 Å². The van der Waals surface area contributed by atoms with Crippen molar-refractivity contribution < 1.29 is 23.2 Å². The van der Waals surface area contributed by atoms with Crippen LogP contribution in [0.4, 0.5) is 0 Å². The molecule has 0 unspecified atom stereocenters. The highest BCUT2D eigenvalue weighted by molar-refractivity contribution is 7.89. The van der Waals surface area contributed by atoms with Crippen molar-refractivity contribution in [2.24, 2.45) is 16.5 Å². The molecule has 0 fully saturated rings. The van der Waals surface area contributed by atoms with E-state index in [2.05, 4.69) is 10.3 Å². The zero-order chi connectivity index (χ0) is 23.6. The first-order chi connectivity index (χ1) is 15.3. The highest BCUT2D eigenvalue weighted by Crippen LogP contribution is 2.25. The summed E-state index contributed by atoms with van der Waals surface area (Å²) in [6, 6.07) is 12.9. The molecule has 0 saturated heterocycles. The number of nitriles is 1. The van der Waals surface area contributed by atoms with E-state index < -0.39 is 22.0 Å². The van der Waals surface area contributed by atoms with E-state index in [1.807, 2.05) is 6.07 Å². The van der Waals surface area contributed by atoms with E-state index in [9.17, 15) is 18.4 Å². The molecule has 2 rings (SSSR count). The van der Waals surface area contributed by atoms with Crippen molar-refractivity contribution in [3.8, 4) is 17.7 Å². The van der Waals surface area contributed by atoms with Crippen LogP contribution in [-0.2, 0) is 14.8 Å². The van der Waals surface area contributed by atoms with E-state index in [4.69, 9.17) is 21.5 Å². The third-order valence-electron chi connectivity index (χ3n) is 4.29. The Morgan fingerprint density at radius 1 is 1.12 bits per heavy atom. The number of sulfonamides is 1. The average Bonchev–Trinajstić information content (AvgIpc) is 2.77. The molecule has 1 atom stereocenters. The molecule has 0 heterocycles. The Morgan fingerprint density at radius 2 is 1.75 bits per heavy atom. The fourth-order valence-electron chi connectivity index (χ4n) is 2.69. The van der Waals surface area contributed by atoms with Gasteiger partial charge in [0.05, 0.1) is 4.90 Å². The van der Waals surface area contributed by atoms with Crippen molar-refractivity contribution in [2.75, 3.05) is 6.54 Å². The summed E-state index contributed by atoms with van der Waals surface area (Å²) in [5.41, 5.74) is 10.7. The third kappa shape index (κ3) is 6.95. The first-order valence-electron chi connectivity index (χ1n) is 9.56. The maximum Gasteiger partial charge on any atom is 0.265 e. The zero-order valence-electron chi connectivity index (χ0n) is 17.1. The van der Waals surface area contributed by atoms with E-state index >= 15 is 0 Å². The van der Waals surface area contributed by atoms with Gasteiger partial charge in [-0.05, 0) is 55.7 Å². The maximum absolute atomic E-state index is 12.7. The number of hydrogen-bond acceptors (Lipinski definition) is 7. The summed E-state index contributed by atoms with van der Waals surface area (Å²) in [6.45, 7) is 0.243. The normalized spacial score (nSPS) is 12.7. The van der Waals surface area contributed by atoms with E-state index in [0.29, 0.717) is 24.3 Å². The van der Waals surface area contributed by atoms with Crippen LogP contribution in [0.15, 0.2) is 64.5 Å². The molecule has 170 valence electrons. The van der Waals surface area contributed by atoms with E-state index in [1.165, 1.54) is 24.3 Å². The maximum atomic E-state index is 12.7. The fourth-order valence-corrected chi connectivity index (χ4v) is 3.93. The Balaban J connectivity index is 2.02. The molecule has 0 radical (unpaired) electrons. The summed E-state index contributed by atoms with van der Waals surface area (Å²) in [5, 5.41) is 20.9. The van der Waals surface area contributed by atoms with Crippen LogP contribution >= 0.6 is 0 Å². The summed E-state index contributed by atoms with van der Waals surface area (Å²) < 4.78 is 31.1. The van der Waals surface area contributed by atoms with Gasteiger partial charge in [0.2, 0.25) is 11.9 Å². The number of nitrogens with two attached hydrogens (primary N) is 2. The van der Waals surface area contributed by atoms with Gasteiger partial charge in [0.1, 0.15) is 17.5 Å². The van der Waals surface area contributed by atoms with Crippen LogP contribution in [0, 0.1) is 11.5 Å². The number of para-hydroxylation sites is 1. The van der Waals surface area contributed by atoms with Crippen LogP contribution in [0.5, 0.6) is 11.5 Å². The minimum atomic E-state index is -4.40. The van der Waals surface area contributed by atoms with Crippen LogP contribution in [-0.4, -0.2) is 42.5 Å². The van der Waals surface area contributed by atoms with Crippen LogP contribution in [0.25, 0.3) is 0 Å². The molecule has 6 N–H and O–H groups in total. The van der Waals surface area contributed by atoms with Gasteiger partial charge in [0, 0.05) is 6.54 Å². The van der Waals surface area contributed by atoms with Gasteiger partial charge in [-0.1, -0.05) is 22.7 Å². The molecule has 2 aromatic carbocycles. The van der Waals surface area contributed by atoms with Gasteiger partial charge in [-0.25, -0.2) is 8.42 Å². The lowest BCUT2D eigenvalue weighted by molar-refractivity contribution is -0.131. The molecule has 0 saturated carbocycles. The molecule has 0 bridgehead atoms. The lowest BCUT2D eigenvalue weighted by Gasteiger charge is -2.23. The number of nitrogens with zero attached hydrogens (tertiary/aromatic N) is 3. The standard InChI is InChI=1S/C20H24N6O5S/c21-14-25-20(23)24-13-5-4-8-18(19(22)27)26(28)32(29,30)17-11-9-16(10-12-17)31-15-6-2-1-3-7-15/h1-3,6-7,9-12,18,28H,4-5,8,13H2,(H2,22,27)(H3,23,24,25)/t18-/m1/s1. The molecule has 0 aliphatic heterocycles. The number of carbonyl (C=O) groups excluding carboxylic acids is 1. The first kappa shape index (κ1) is 24.6. The molecule has 2 aromatic rings. The minimum Gasteiger partial charge on any atom is -0.457 e. The number of rotatable bonds is 11. The summed E-state index contributed by atoms with van der Waals surface area (Å²) in [7, 11) is -4.40. The Labute approximate surface area is 185 Å². The number of nitrogens with one attached hydrogen (secondary N) is 1. The highest BCUT2D eigenvalue weighted by atomic mass is 32.2. The number of primary amides is 1. The van der Waals surface area contributed by atoms with E-state index in [-0.39, 0.29) is 28.3 Å². The van der Waals surface area contributed by atoms with Crippen molar-refractivity contribution in [1.29, 1.82) is 5.26 Å². The quantitative estimate of drug-likeness (QED) is 0.0964. The SMILES string of the molecule is N#CNC(N)=NCCCC[C@H](C(N)=O)N(O)S(=O)(=O)c1ccc(Oc2ccccc2)cc1. The number of unbranched alkanes of at least 4 members (excludes halogenated alkanes) is 1. The fraction of sp³-hybridized carbons (Fsp3) is 0.250. The predicted octanol–water partition coefficient (Wildman–Crippen LogP) is 1.27. The number of hydrogen-bond donors (Lipinski definition) is 4. The van der Waals surface area contributed by atoms with E-state index in [0.717, 1.165) is 0 Å². The van der Waals surface area contributed by atoms with Crippen molar-refractivity contribution in [1.82, 2.24) is 9.79 Å². The highest BCUT2D eigenvalue weighted by Gasteiger charge is 2.33. The Bertz CT molecular complexity index is 1070. The lowest BCUT2D eigenvalue weighted by Crippen LogP contribution is -2.46. The summed E-state index contributed by atoms with van der Waals surface area (Å²) >= 11 is 0. The number of benzene rings is 2. The summed E-state index contributed by atoms with van der Waals surface area (Å²) in [6.07, 6.45) is 2.35. The molecule has 0 aliphatic carbocycles. The Kier molecular flexibility index (Phi) is 8.96. The van der Waals surface area contributed by atoms with Gasteiger partial charge in [0.15, 0.2) is 6.19 Å². The Hall–Kier alpha value is -3.66. The van der Waals surface area contributed by atoms with Crippen LogP contribution < -0.4 is 21.5 Å². The van der Waals surface area contributed by atoms with Gasteiger partial charge in [-0.3, -0.25) is 20.3 Å². The average molecular weight is 461 g/mol. The second kappa shape index (κ2) is 11.7. The zero-order valence-corrected chi connectivity index (χ0v) is 17.9. The van der Waals surface area contributed by atoms with Crippen molar-refractivity contribution in [3.05, 3.63) is 54.6 Å². The van der Waals surface area contributed by atoms with Gasteiger partial charge in [0.25, 0.3) is 10.0 Å². The number of aliphatic imine (C=N–C) groups is 1. The molecule has 0 spiro atoms. The lowest BCUT2D eigenvalue weighted by atomic mass is 10.1. The molecule has 32 heavy (non-hydrogen) atoms. The minimum absolute atomic E-state index is 0.0166. The molecule has 11 nitrogen and oxygen atoms in total. The monoisotopic (exact) mass is 460 g/mol.